The number of ether oxygens (including phenoxy) is 1. The summed E-state index contributed by atoms with van der Waals surface area (Å²) in [5.41, 5.74) is 0.659. The maximum absolute atomic E-state index is 14.5. The van der Waals surface area contributed by atoms with Crippen molar-refractivity contribution in [2.24, 2.45) is 0 Å². The molecule has 0 amide bonds. The smallest absolute Gasteiger partial charge is 0.198 e. The van der Waals surface area contributed by atoms with Crippen LogP contribution in [0.15, 0.2) is 24.4 Å². The Balaban J connectivity index is 1.40. The molecule has 1 saturated heterocycles. The molecule has 164 valence electrons. The molecule has 0 bridgehead atoms. The molecule has 2 aliphatic rings. The summed E-state index contributed by atoms with van der Waals surface area (Å²) in [5, 5.41) is 8.46. The Bertz CT molecular complexity index is 1060. The van der Waals surface area contributed by atoms with E-state index in [1.54, 1.807) is 12.1 Å². The van der Waals surface area contributed by atoms with Gasteiger partial charge in [0, 0.05) is 25.2 Å². The van der Waals surface area contributed by atoms with Crippen molar-refractivity contribution in [3.8, 4) is 11.4 Å². The Morgan fingerprint density at radius 2 is 1.87 bits per heavy atom. The maximum atomic E-state index is 14.5. The topological polar surface area (TPSA) is 67.6 Å². The van der Waals surface area contributed by atoms with E-state index >= 15 is 0 Å². The second kappa shape index (κ2) is 8.86. The van der Waals surface area contributed by atoms with Gasteiger partial charge in [-0.05, 0) is 37.8 Å². The molecule has 0 spiro atoms. The Labute approximate surface area is 189 Å². The number of benzene rings is 1. The molecule has 0 atom stereocenters. The summed E-state index contributed by atoms with van der Waals surface area (Å²) in [5.74, 6) is 0.214. The zero-order chi connectivity index (χ0) is 21.4. The van der Waals surface area contributed by atoms with Crippen molar-refractivity contribution in [2.45, 2.75) is 37.8 Å². The minimum atomic E-state index is -0.486. The molecule has 0 radical (unpaired) electrons. The maximum Gasteiger partial charge on any atom is 0.198 e. The van der Waals surface area contributed by atoms with E-state index in [2.05, 4.69) is 25.3 Å². The third-order valence-electron chi connectivity index (χ3n) is 6.11. The third-order valence-corrected chi connectivity index (χ3v) is 6.68. The highest BCUT2D eigenvalue weighted by atomic mass is 35.5. The number of halogens is 3. The summed E-state index contributed by atoms with van der Waals surface area (Å²) < 4.78 is 21.5. The van der Waals surface area contributed by atoms with Crippen LogP contribution in [-0.2, 0) is 4.74 Å². The number of anilines is 1. The van der Waals surface area contributed by atoms with Gasteiger partial charge in [0.2, 0.25) is 0 Å². The first-order valence-corrected chi connectivity index (χ1v) is 11.3. The number of hydrogen-bond acceptors (Lipinski definition) is 6. The SMILES string of the molecule is Fc1cccc(Cl)c1-c1nc(N[C@H]2CC[C@H](N3CCOCC3)CC2)c2ncc(Cl)n2n1. The fourth-order valence-corrected chi connectivity index (χ4v) is 4.90. The molecule has 3 aromatic rings. The van der Waals surface area contributed by atoms with Crippen LogP contribution in [-0.4, -0.2) is 62.9 Å². The first-order valence-electron chi connectivity index (χ1n) is 10.5. The van der Waals surface area contributed by atoms with E-state index in [9.17, 15) is 4.39 Å². The van der Waals surface area contributed by atoms with Crippen LogP contribution in [0, 0.1) is 5.82 Å². The number of fused-ring (bicyclic) bond motifs is 1. The van der Waals surface area contributed by atoms with Crippen molar-refractivity contribution < 1.29 is 9.13 Å². The molecule has 1 aliphatic carbocycles. The van der Waals surface area contributed by atoms with Crippen molar-refractivity contribution in [3.63, 3.8) is 0 Å². The molecule has 3 heterocycles. The van der Waals surface area contributed by atoms with Gasteiger partial charge in [-0.2, -0.15) is 4.52 Å². The lowest BCUT2D eigenvalue weighted by Gasteiger charge is -2.39. The van der Waals surface area contributed by atoms with Gasteiger partial charge in [-0.1, -0.05) is 29.3 Å². The van der Waals surface area contributed by atoms with Gasteiger partial charge in [0.05, 0.1) is 30.0 Å². The van der Waals surface area contributed by atoms with Gasteiger partial charge in [-0.25, -0.2) is 14.4 Å². The van der Waals surface area contributed by atoms with Gasteiger partial charge in [0.25, 0.3) is 0 Å². The standard InChI is InChI=1S/C21H23Cl2FN6O/c22-15-2-1-3-16(24)18(15)19-27-20(21-25-12-17(23)30(21)28-19)26-13-4-6-14(7-5-13)29-8-10-31-11-9-29/h1-3,12-14H,4-11H2,(H,26,27,28)/t13-,14-. The molecule has 1 aliphatic heterocycles. The summed E-state index contributed by atoms with van der Waals surface area (Å²) in [6.07, 6.45) is 5.77. The lowest BCUT2D eigenvalue weighted by molar-refractivity contribution is 0.00791. The van der Waals surface area contributed by atoms with Crippen molar-refractivity contribution in [2.75, 3.05) is 31.6 Å². The highest BCUT2D eigenvalue weighted by Crippen LogP contribution is 2.31. The third kappa shape index (κ3) is 4.22. The van der Waals surface area contributed by atoms with E-state index in [0.717, 1.165) is 52.0 Å². The molecule has 10 heteroatoms. The van der Waals surface area contributed by atoms with Gasteiger partial charge in [0.15, 0.2) is 22.4 Å². The van der Waals surface area contributed by atoms with E-state index in [1.807, 2.05) is 0 Å². The van der Waals surface area contributed by atoms with Crippen molar-refractivity contribution in [3.05, 3.63) is 40.4 Å². The zero-order valence-electron chi connectivity index (χ0n) is 16.9. The molecule has 7 nitrogen and oxygen atoms in total. The number of imidazole rings is 1. The van der Waals surface area contributed by atoms with Crippen LogP contribution in [0.1, 0.15) is 25.7 Å². The summed E-state index contributed by atoms with van der Waals surface area (Å²) >= 11 is 12.5. The van der Waals surface area contributed by atoms with Gasteiger partial charge >= 0.3 is 0 Å². The van der Waals surface area contributed by atoms with Crippen molar-refractivity contribution in [1.82, 2.24) is 24.5 Å². The molecule has 2 aromatic heterocycles. The van der Waals surface area contributed by atoms with Gasteiger partial charge < -0.3 is 10.1 Å². The lowest BCUT2D eigenvalue weighted by atomic mass is 9.90. The molecule has 31 heavy (non-hydrogen) atoms. The molecular weight excluding hydrogens is 442 g/mol. The number of nitrogens with zero attached hydrogens (tertiary/aromatic N) is 5. The van der Waals surface area contributed by atoms with Crippen LogP contribution in [0.25, 0.3) is 17.0 Å². The van der Waals surface area contributed by atoms with Crippen LogP contribution in [0.2, 0.25) is 10.2 Å². The number of hydrogen-bond donors (Lipinski definition) is 1. The summed E-state index contributed by atoms with van der Waals surface area (Å²) in [4.78, 5) is 11.5. The lowest BCUT2D eigenvalue weighted by Crippen LogP contribution is -2.46. The largest absolute Gasteiger partial charge is 0.379 e. The average molecular weight is 465 g/mol. The molecule has 1 N–H and O–H groups in total. The van der Waals surface area contributed by atoms with Gasteiger partial charge in [-0.15, -0.1) is 5.10 Å². The molecular formula is C21H23Cl2FN6O. The second-order valence-corrected chi connectivity index (χ2v) is 8.79. The minimum Gasteiger partial charge on any atom is -0.379 e. The quantitative estimate of drug-likeness (QED) is 0.620. The minimum absolute atomic E-state index is 0.148. The monoisotopic (exact) mass is 464 g/mol. The fourth-order valence-electron chi connectivity index (χ4n) is 4.49. The Morgan fingerprint density at radius 1 is 1.10 bits per heavy atom. The molecule has 0 unspecified atom stereocenters. The number of morpholine rings is 1. The van der Waals surface area contributed by atoms with Crippen LogP contribution in [0.5, 0.6) is 0 Å². The fraction of sp³-hybridized carbons (Fsp3) is 0.476. The second-order valence-electron chi connectivity index (χ2n) is 8.00. The predicted molar refractivity (Wildman–Crippen MR) is 118 cm³/mol. The predicted octanol–water partition coefficient (Wildman–Crippen LogP) is 4.29. The Kier molecular flexibility index (Phi) is 5.97. The van der Waals surface area contributed by atoms with E-state index in [4.69, 9.17) is 27.9 Å². The van der Waals surface area contributed by atoms with Gasteiger partial charge in [0.1, 0.15) is 5.82 Å². The van der Waals surface area contributed by atoms with E-state index in [-0.39, 0.29) is 22.5 Å². The summed E-state index contributed by atoms with van der Waals surface area (Å²) in [6, 6.07) is 5.35. The Hall–Kier alpha value is -2.00. The molecule has 2 fully saturated rings. The number of rotatable bonds is 4. The van der Waals surface area contributed by atoms with Crippen LogP contribution in [0.3, 0.4) is 0 Å². The van der Waals surface area contributed by atoms with Crippen LogP contribution < -0.4 is 5.32 Å². The summed E-state index contributed by atoms with van der Waals surface area (Å²) in [7, 11) is 0. The summed E-state index contributed by atoms with van der Waals surface area (Å²) in [6.45, 7) is 3.65. The molecule has 1 saturated carbocycles. The van der Waals surface area contributed by atoms with Crippen LogP contribution in [0.4, 0.5) is 10.2 Å². The molecule has 5 rings (SSSR count). The van der Waals surface area contributed by atoms with Crippen LogP contribution >= 0.6 is 23.2 Å². The average Bonchev–Trinajstić information content (AvgIpc) is 3.16. The van der Waals surface area contributed by atoms with Crippen molar-refractivity contribution in [1.29, 1.82) is 0 Å². The normalized spacial score (nSPS) is 22.7. The highest BCUT2D eigenvalue weighted by molar-refractivity contribution is 6.33. The van der Waals surface area contributed by atoms with Crippen molar-refractivity contribution >= 4 is 34.7 Å². The highest BCUT2D eigenvalue weighted by Gasteiger charge is 2.28. The number of aromatic nitrogens is 4. The van der Waals surface area contributed by atoms with E-state index in [0.29, 0.717) is 22.7 Å². The first-order chi connectivity index (χ1) is 15.1. The van der Waals surface area contributed by atoms with Gasteiger partial charge in [-0.3, -0.25) is 4.90 Å². The molecule has 1 aromatic carbocycles. The van der Waals surface area contributed by atoms with E-state index in [1.165, 1.54) is 16.8 Å². The van der Waals surface area contributed by atoms with E-state index < -0.39 is 5.82 Å². The number of nitrogens with one attached hydrogen (secondary N) is 1. The zero-order valence-corrected chi connectivity index (χ0v) is 18.4. The first kappa shape index (κ1) is 20.9. The Morgan fingerprint density at radius 3 is 2.61 bits per heavy atom.